The van der Waals surface area contributed by atoms with E-state index in [2.05, 4.69) is 24.1 Å². The molecule has 1 N–H and O–H groups in total. The summed E-state index contributed by atoms with van der Waals surface area (Å²) in [6.45, 7) is 6.39. The van der Waals surface area contributed by atoms with Crippen molar-refractivity contribution in [3.8, 4) is 0 Å². The van der Waals surface area contributed by atoms with Crippen molar-refractivity contribution in [2.75, 3.05) is 13.1 Å². The highest BCUT2D eigenvalue weighted by atomic mass is 16.2. The van der Waals surface area contributed by atoms with Crippen LogP contribution in [0.1, 0.15) is 58.8 Å². The zero-order valence-corrected chi connectivity index (χ0v) is 12.0. The van der Waals surface area contributed by atoms with Crippen LogP contribution in [-0.2, 0) is 4.79 Å². The van der Waals surface area contributed by atoms with Crippen molar-refractivity contribution >= 4 is 5.91 Å². The van der Waals surface area contributed by atoms with Gasteiger partial charge in [-0.25, -0.2) is 0 Å². The average Bonchev–Trinajstić information content (AvgIpc) is 2.94. The molecule has 0 aromatic rings. The molecule has 0 spiro atoms. The van der Waals surface area contributed by atoms with Gasteiger partial charge in [-0.2, -0.15) is 0 Å². The molecule has 2 atom stereocenters. The van der Waals surface area contributed by atoms with Gasteiger partial charge in [-0.1, -0.05) is 13.8 Å². The number of carbonyl (C=O) groups excluding carboxylic acids is 1. The molecule has 2 unspecified atom stereocenters. The molecule has 3 nitrogen and oxygen atoms in total. The third-order valence-corrected chi connectivity index (χ3v) is 4.73. The van der Waals surface area contributed by atoms with E-state index in [1.165, 1.54) is 32.1 Å². The number of carbonyl (C=O) groups is 1. The molecule has 0 aliphatic carbocycles. The van der Waals surface area contributed by atoms with Crippen LogP contribution in [0.2, 0.25) is 0 Å². The Bertz CT molecular complexity index is 270. The maximum absolute atomic E-state index is 12.6. The number of piperidine rings is 1. The predicted octanol–water partition coefficient (Wildman–Crippen LogP) is 2.56. The van der Waals surface area contributed by atoms with E-state index in [0.29, 0.717) is 18.0 Å². The number of hydrogen-bond donors (Lipinski definition) is 1. The summed E-state index contributed by atoms with van der Waals surface area (Å²) in [4.78, 5) is 14.8. The van der Waals surface area contributed by atoms with Gasteiger partial charge < -0.3 is 10.2 Å². The molecule has 2 rings (SSSR count). The maximum atomic E-state index is 12.6. The molecule has 3 heteroatoms. The van der Waals surface area contributed by atoms with Crippen molar-refractivity contribution in [3.63, 3.8) is 0 Å². The van der Waals surface area contributed by atoms with E-state index in [1.54, 1.807) is 0 Å². The van der Waals surface area contributed by atoms with E-state index in [0.717, 1.165) is 25.9 Å². The number of nitrogens with one attached hydrogen (secondary N) is 1. The Kier molecular flexibility index (Phi) is 5.04. The van der Waals surface area contributed by atoms with Crippen molar-refractivity contribution in [1.82, 2.24) is 10.2 Å². The summed E-state index contributed by atoms with van der Waals surface area (Å²) in [5.74, 6) is 0.658. The van der Waals surface area contributed by atoms with Crippen LogP contribution < -0.4 is 5.32 Å². The summed E-state index contributed by atoms with van der Waals surface area (Å²) in [5.41, 5.74) is 0. The van der Waals surface area contributed by atoms with E-state index < -0.39 is 0 Å². The van der Waals surface area contributed by atoms with Gasteiger partial charge in [0, 0.05) is 24.5 Å². The second-order valence-electron chi connectivity index (χ2n) is 5.81. The lowest BCUT2D eigenvalue weighted by molar-refractivity contribution is -0.140. The molecule has 104 valence electrons. The summed E-state index contributed by atoms with van der Waals surface area (Å²) in [5, 5.41) is 3.59. The minimum absolute atomic E-state index is 0.243. The molecule has 0 radical (unpaired) electrons. The van der Waals surface area contributed by atoms with Gasteiger partial charge in [-0.3, -0.25) is 4.79 Å². The third-order valence-electron chi connectivity index (χ3n) is 4.73. The SMILES string of the molecule is CCC(CC)C(=O)N1CCCCC1C1CCCN1. The highest BCUT2D eigenvalue weighted by Crippen LogP contribution is 2.26. The molecule has 0 aromatic carbocycles. The first kappa shape index (κ1) is 13.9. The molecule has 2 fully saturated rings. The summed E-state index contributed by atoms with van der Waals surface area (Å²) >= 11 is 0. The van der Waals surface area contributed by atoms with Gasteiger partial charge in [0.15, 0.2) is 0 Å². The topological polar surface area (TPSA) is 32.3 Å². The smallest absolute Gasteiger partial charge is 0.225 e. The Labute approximate surface area is 111 Å². The largest absolute Gasteiger partial charge is 0.338 e. The number of likely N-dealkylation sites (tertiary alicyclic amines) is 1. The molecular weight excluding hydrogens is 224 g/mol. The first-order valence-electron chi connectivity index (χ1n) is 7.81. The van der Waals surface area contributed by atoms with Gasteiger partial charge in [0.2, 0.25) is 5.91 Å². The molecule has 0 aromatic heterocycles. The summed E-state index contributed by atoms with van der Waals surface area (Å²) in [6.07, 6.45) is 8.16. The monoisotopic (exact) mass is 252 g/mol. The molecule has 0 saturated carbocycles. The molecule has 2 aliphatic rings. The van der Waals surface area contributed by atoms with Crippen LogP contribution in [0.25, 0.3) is 0 Å². The lowest BCUT2D eigenvalue weighted by Gasteiger charge is -2.41. The van der Waals surface area contributed by atoms with Gasteiger partial charge in [0.1, 0.15) is 0 Å². The van der Waals surface area contributed by atoms with Gasteiger partial charge in [-0.05, 0) is 51.5 Å². The molecule has 2 heterocycles. The highest BCUT2D eigenvalue weighted by Gasteiger charge is 2.35. The number of amides is 1. The number of nitrogens with zero attached hydrogens (tertiary/aromatic N) is 1. The quantitative estimate of drug-likeness (QED) is 0.834. The maximum Gasteiger partial charge on any atom is 0.225 e. The van der Waals surface area contributed by atoms with Crippen molar-refractivity contribution in [3.05, 3.63) is 0 Å². The van der Waals surface area contributed by atoms with Crippen LogP contribution in [0.5, 0.6) is 0 Å². The Morgan fingerprint density at radius 1 is 1.22 bits per heavy atom. The Morgan fingerprint density at radius 2 is 2.00 bits per heavy atom. The number of hydrogen-bond acceptors (Lipinski definition) is 2. The lowest BCUT2D eigenvalue weighted by Crippen LogP contribution is -2.54. The second kappa shape index (κ2) is 6.55. The molecule has 2 saturated heterocycles. The highest BCUT2D eigenvalue weighted by molar-refractivity contribution is 5.79. The van der Waals surface area contributed by atoms with Crippen molar-refractivity contribution < 1.29 is 4.79 Å². The number of rotatable bonds is 4. The Hall–Kier alpha value is -0.570. The minimum atomic E-state index is 0.243. The summed E-state index contributed by atoms with van der Waals surface area (Å²) in [6, 6.07) is 1.03. The van der Waals surface area contributed by atoms with E-state index in [-0.39, 0.29) is 5.92 Å². The van der Waals surface area contributed by atoms with E-state index >= 15 is 0 Å². The lowest BCUT2D eigenvalue weighted by atomic mass is 9.91. The fourth-order valence-corrected chi connectivity index (χ4v) is 3.56. The molecule has 18 heavy (non-hydrogen) atoms. The minimum Gasteiger partial charge on any atom is -0.338 e. The molecule has 2 aliphatic heterocycles. The molecular formula is C15H28N2O. The third kappa shape index (κ3) is 2.87. The van der Waals surface area contributed by atoms with Gasteiger partial charge >= 0.3 is 0 Å². The normalized spacial score (nSPS) is 28.9. The fraction of sp³-hybridized carbons (Fsp3) is 0.933. The molecule has 0 bridgehead atoms. The van der Waals surface area contributed by atoms with E-state index in [4.69, 9.17) is 0 Å². The van der Waals surface area contributed by atoms with Crippen LogP contribution in [0, 0.1) is 5.92 Å². The van der Waals surface area contributed by atoms with Crippen LogP contribution in [-0.4, -0.2) is 36.0 Å². The Balaban J connectivity index is 2.04. The predicted molar refractivity (Wildman–Crippen MR) is 74.4 cm³/mol. The summed E-state index contributed by atoms with van der Waals surface area (Å²) in [7, 11) is 0. The van der Waals surface area contributed by atoms with Crippen LogP contribution in [0.15, 0.2) is 0 Å². The Morgan fingerprint density at radius 3 is 2.61 bits per heavy atom. The van der Waals surface area contributed by atoms with Crippen molar-refractivity contribution in [2.45, 2.75) is 70.9 Å². The van der Waals surface area contributed by atoms with Crippen molar-refractivity contribution in [1.29, 1.82) is 0 Å². The standard InChI is InChI=1S/C15H28N2O/c1-3-12(4-2)15(18)17-11-6-5-9-14(17)13-8-7-10-16-13/h12-14,16H,3-11H2,1-2H3. The second-order valence-corrected chi connectivity index (χ2v) is 5.81. The van der Waals surface area contributed by atoms with Gasteiger partial charge in [-0.15, -0.1) is 0 Å². The van der Waals surface area contributed by atoms with E-state index in [1.807, 2.05) is 0 Å². The van der Waals surface area contributed by atoms with Crippen molar-refractivity contribution in [2.24, 2.45) is 5.92 Å². The molecule has 1 amide bonds. The van der Waals surface area contributed by atoms with Crippen LogP contribution in [0.4, 0.5) is 0 Å². The van der Waals surface area contributed by atoms with Crippen LogP contribution >= 0.6 is 0 Å². The average molecular weight is 252 g/mol. The van der Waals surface area contributed by atoms with Crippen LogP contribution in [0.3, 0.4) is 0 Å². The van der Waals surface area contributed by atoms with E-state index in [9.17, 15) is 4.79 Å². The first-order valence-corrected chi connectivity index (χ1v) is 7.81. The zero-order valence-electron chi connectivity index (χ0n) is 12.0. The fourth-order valence-electron chi connectivity index (χ4n) is 3.56. The summed E-state index contributed by atoms with van der Waals surface area (Å²) < 4.78 is 0. The first-order chi connectivity index (χ1) is 8.77. The van der Waals surface area contributed by atoms with Gasteiger partial charge in [0.05, 0.1) is 0 Å². The zero-order chi connectivity index (χ0) is 13.0. The van der Waals surface area contributed by atoms with Gasteiger partial charge in [0.25, 0.3) is 0 Å².